The van der Waals surface area contributed by atoms with Gasteiger partial charge < -0.3 is 15.5 Å². The third-order valence-electron chi connectivity index (χ3n) is 4.93. The first-order chi connectivity index (χ1) is 12.7. The predicted molar refractivity (Wildman–Crippen MR) is 114 cm³/mol. The molecule has 0 bridgehead atoms. The number of thiophene rings is 1. The Kier molecular flexibility index (Phi) is 10.0. The number of hydrogen-bond acceptors (Lipinski definition) is 4. The zero-order chi connectivity index (χ0) is 18.6. The molecule has 6 heteroatoms. The first-order valence-corrected chi connectivity index (χ1v) is 11.2. The largest absolute Gasteiger partial charge is 0.357 e. The van der Waals surface area contributed by atoms with Gasteiger partial charge in [0.1, 0.15) is 0 Å². The number of rotatable bonds is 10. The molecule has 0 radical (unpaired) electrons. The standard InChI is InChI=1S/C20H37N5S/c1-4-11-24(6-3)14-10-22-20(21-5-2)23-19-7-12-25(13-8-19)16-18-9-15-26-17-18/h9,15,17,19H,4-8,10-14,16H2,1-3H3,(H2,21,22,23). The van der Waals surface area contributed by atoms with Crippen molar-refractivity contribution in [2.45, 2.75) is 52.6 Å². The lowest BCUT2D eigenvalue weighted by Gasteiger charge is -2.33. The summed E-state index contributed by atoms with van der Waals surface area (Å²) in [7, 11) is 0. The Morgan fingerprint density at radius 3 is 2.69 bits per heavy atom. The van der Waals surface area contributed by atoms with E-state index in [1.165, 1.54) is 31.4 Å². The van der Waals surface area contributed by atoms with E-state index in [1.807, 2.05) is 0 Å². The van der Waals surface area contributed by atoms with Crippen molar-refractivity contribution in [3.63, 3.8) is 0 Å². The first kappa shape index (κ1) is 21.2. The molecule has 0 amide bonds. The van der Waals surface area contributed by atoms with Gasteiger partial charge in [-0.2, -0.15) is 11.3 Å². The predicted octanol–water partition coefficient (Wildman–Crippen LogP) is 3.00. The van der Waals surface area contributed by atoms with Crippen LogP contribution in [-0.2, 0) is 6.54 Å². The molecule has 0 unspecified atom stereocenters. The van der Waals surface area contributed by atoms with Crippen LogP contribution in [0, 0.1) is 0 Å². The number of hydrogen-bond donors (Lipinski definition) is 2. The molecule has 2 rings (SSSR count). The second-order valence-electron chi connectivity index (χ2n) is 7.02. The van der Waals surface area contributed by atoms with E-state index < -0.39 is 0 Å². The van der Waals surface area contributed by atoms with E-state index in [0.29, 0.717) is 6.04 Å². The Morgan fingerprint density at radius 2 is 2.08 bits per heavy atom. The van der Waals surface area contributed by atoms with Crippen molar-refractivity contribution in [3.05, 3.63) is 22.4 Å². The molecule has 1 aliphatic rings. The molecule has 2 N–H and O–H groups in total. The van der Waals surface area contributed by atoms with Gasteiger partial charge in [-0.25, -0.2) is 0 Å². The molecule has 1 fully saturated rings. The van der Waals surface area contributed by atoms with Crippen LogP contribution in [0.25, 0.3) is 0 Å². The molecular formula is C20H37N5S. The van der Waals surface area contributed by atoms with Crippen LogP contribution in [0.3, 0.4) is 0 Å². The fourth-order valence-corrected chi connectivity index (χ4v) is 4.10. The number of piperidine rings is 1. The van der Waals surface area contributed by atoms with E-state index in [1.54, 1.807) is 11.3 Å². The molecule has 5 nitrogen and oxygen atoms in total. The van der Waals surface area contributed by atoms with Crippen molar-refractivity contribution in [1.82, 2.24) is 20.4 Å². The summed E-state index contributed by atoms with van der Waals surface area (Å²) in [6, 6.07) is 2.77. The Balaban J connectivity index is 1.74. The molecule has 1 aromatic heterocycles. The zero-order valence-corrected chi connectivity index (χ0v) is 17.7. The Morgan fingerprint density at radius 1 is 1.27 bits per heavy atom. The van der Waals surface area contributed by atoms with Gasteiger partial charge >= 0.3 is 0 Å². The monoisotopic (exact) mass is 379 g/mol. The number of likely N-dealkylation sites (tertiary alicyclic amines) is 1. The molecule has 0 aliphatic carbocycles. The van der Waals surface area contributed by atoms with Crippen LogP contribution in [0.1, 0.15) is 45.6 Å². The summed E-state index contributed by atoms with van der Waals surface area (Å²) in [5.74, 6) is 0.983. The highest BCUT2D eigenvalue weighted by Gasteiger charge is 2.20. The molecule has 26 heavy (non-hydrogen) atoms. The van der Waals surface area contributed by atoms with Crippen LogP contribution in [0.2, 0.25) is 0 Å². The fourth-order valence-electron chi connectivity index (χ4n) is 3.44. The van der Waals surface area contributed by atoms with Gasteiger partial charge in [-0.05, 0) is 61.7 Å². The summed E-state index contributed by atoms with van der Waals surface area (Å²) in [6.07, 6.45) is 3.58. The second kappa shape index (κ2) is 12.3. The molecule has 0 aromatic carbocycles. The van der Waals surface area contributed by atoms with Gasteiger partial charge in [0.15, 0.2) is 5.96 Å². The third kappa shape index (κ3) is 7.64. The fraction of sp³-hybridized carbons (Fsp3) is 0.750. The van der Waals surface area contributed by atoms with Crippen molar-refractivity contribution < 1.29 is 0 Å². The Hall–Kier alpha value is -1.11. The van der Waals surface area contributed by atoms with E-state index in [4.69, 9.17) is 4.99 Å². The highest BCUT2D eigenvalue weighted by molar-refractivity contribution is 7.07. The quantitative estimate of drug-likeness (QED) is 0.484. The molecule has 1 saturated heterocycles. The average Bonchev–Trinajstić information content (AvgIpc) is 3.15. The number of guanidine groups is 1. The molecule has 148 valence electrons. The molecule has 1 aliphatic heterocycles. The summed E-state index contributed by atoms with van der Waals surface area (Å²) in [5, 5.41) is 11.5. The maximum absolute atomic E-state index is 4.80. The van der Waals surface area contributed by atoms with Gasteiger partial charge in [-0.15, -0.1) is 0 Å². The lowest BCUT2D eigenvalue weighted by atomic mass is 10.0. The number of likely N-dealkylation sites (N-methyl/N-ethyl adjacent to an activating group) is 1. The van der Waals surface area contributed by atoms with Crippen LogP contribution < -0.4 is 10.6 Å². The highest BCUT2D eigenvalue weighted by Crippen LogP contribution is 2.15. The zero-order valence-electron chi connectivity index (χ0n) is 16.8. The molecular weight excluding hydrogens is 342 g/mol. The summed E-state index contributed by atoms with van der Waals surface area (Å²) >= 11 is 1.79. The second-order valence-corrected chi connectivity index (χ2v) is 7.80. The van der Waals surface area contributed by atoms with Gasteiger partial charge in [0.25, 0.3) is 0 Å². The summed E-state index contributed by atoms with van der Waals surface area (Å²) in [5.41, 5.74) is 1.45. The first-order valence-electron chi connectivity index (χ1n) is 10.3. The van der Waals surface area contributed by atoms with E-state index >= 15 is 0 Å². The normalized spacial score (nSPS) is 17.0. The molecule has 1 aromatic rings. The third-order valence-corrected chi connectivity index (χ3v) is 5.66. The van der Waals surface area contributed by atoms with Crippen molar-refractivity contribution in [2.75, 3.05) is 45.8 Å². The van der Waals surface area contributed by atoms with E-state index in [2.05, 4.69) is 58.0 Å². The van der Waals surface area contributed by atoms with Gasteiger partial charge in [0.2, 0.25) is 0 Å². The molecule has 2 heterocycles. The van der Waals surface area contributed by atoms with Crippen LogP contribution in [0.5, 0.6) is 0 Å². The lowest BCUT2D eigenvalue weighted by molar-refractivity contribution is 0.198. The van der Waals surface area contributed by atoms with Crippen molar-refractivity contribution in [1.29, 1.82) is 0 Å². The Bertz CT molecular complexity index is 494. The summed E-state index contributed by atoms with van der Waals surface area (Å²) in [6.45, 7) is 15.1. The molecule has 0 saturated carbocycles. The van der Waals surface area contributed by atoms with Crippen LogP contribution in [-0.4, -0.2) is 67.6 Å². The molecule has 0 atom stereocenters. The van der Waals surface area contributed by atoms with Crippen LogP contribution in [0.4, 0.5) is 0 Å². The van der Waals surface area contributed by atoms with Gasteiger partial charge in [-0.1, -0.05) is 13.8 Å². The molecule has 0 spiro atoms. The minimum absolute atomic E-state index is 0.532. The number of nitrogens with zero attached hydrogens (tertiary/aromatic N) is 3. The van der Waals surface area contributed by atoms with Crippen LogP contribution >= 0.6 is 11.3 Å². The maximum atomic E-state index is 4.80. The summed E-state index contributed by atoms with van der Waals surface area (Å²) < 4.78 is 0. The maximum Gasteiger partial charge on any atom is 0.191 e. The van der Waals surface area contributed by atoms with E-state index in [-0.39, 0.29) is 0 Å². The van der Waals surface area contributed by atoms with Crippen molar-refractivity contribution >= 4 is 17.3 Å². The number of nitrogens with one attached hydrogen (secondary N) is 2. The Labute approximate surface area is 163 Å². The lowest BCUT2D eigenvalue weighted by Crippen LogP contribution is -2.48. The minimum atomic E-state index is 0.532. The van der Waals surface area contributed by atoms with E-state index in [9.17, 15) is 0 Å². The van der Waals surface area contributed by atoms with Gasteiger partial charge in [0.05, 0.1) is 6.54 Å². The highest BCUT2D eigenvalue weighted by atomic mass is 32.1. The SMILES string of the molecule is CCCN(CC)CCN=C(NCC)NC1CCN(Cc2ccsc2)CC1. The van der Waals surface area contributed by atoms with E-state index in [0.717, 1.165) is 51.8 Å². The van der Waals surface area contributed by atoms with Gasteiger partial charge in [-0.3, -0.25) is 9.89 Å². The number of aliphatic imine (C=N–C) groups is 1. The minimum Gasteiger partial charge on any atom is -0.357 e. The summed E-state index contributed by atoms with van der Waals surface area (Å²) in [4.78, 5) is 9.83. The van der Waals surface area contributed by atoms with Gasteiger partial charge in [0, 0.05) is 38.8 Å². The smallest absolute Gasteiger partial charge is 0.191 e. The average molecular weight is 380 g/mol. The van der Waals surface area contributed by atoms with Crippen molar-refractivity contribution in [2.24, 2.45) is 4.99 Å². The topological polar surface area (TPSA) is 42.9 Å². The van der Waals surface area contributed by atoms with Crippen molar-refractivity contribution in [3.8, 4) is 0 Å². The van der Waals surface area contributed by atoms with Crippen LogP contribution in [0.15, 0.2) is 21.8 Å².